The Morgan fingerprint density at radius 1 is 0.833 bits per heavy atom. The molecule has 1 aromatic heterocycles. The molecule has 1 atom stereocenters. The quantitative estimate of drug-likeness (QED) is 0.248. The fraction of sp³-hybridized carbons (Fsp3) is 0.0909. The molecule has 2 aliphatic heterocycles. The average Bonchev–Trinajstić information content (AvgIpc) is 3.33. The summed E-state index contributed by atoms with van der Waals surface area (Å²) in [5, 5.41) is 11.1. The lowest BCUT2D eigenvalue weighted by molar-refractivity contribution is -0.114. The zero-order valence-corrected chi connectivity index (χ0v) is 22.9. The molecule has 5 aromatic rings. The number of rotatable bonds is 4. The number of aliphatic imine (C=N–C) groups is 2. The Morgan fingerprint density at radius 2 is 1.52 bits per heavy atom. The molecule has 0 unspecified atom stereocenters. The van der Waals surface area contributed by atoms with Crippen molar-refractivity contribution in [3.8, 4) is 5.69 Å². The molecule has 2 aliphatic rings. The van der Waals surface area contributed by atoms with Gasteiger partial charge in [-0.05, 0) is 61.5 Å². The minimum atomic E-state index is -0.554. The average molecular weight is 556 g/mol. The van der Waals surface area contributed by atoms with Crippen molar-refractivity contribution in [2.45, 2.75) is 19.9 Å². The third-order valence-corrected chi connectivity index (χ3v) is 7.31. The Kier molecular flexibility index (Phi) is 6.12. The molecule has 0 fully saturated rings. The van der Waals surface area contributed by atoms with E-state index >= 15 is 4.39 Å². The van der Waals surface area contributed by atoms with Crippen LogP contribution in [0.4, 0.5) is 33.0 Å². The number of carbonyl (C=O) groups is 1. The molecule has 42 heavy (non-hydrogen) atoms. The van der Waals surface area contributed by atoms with E-state index in [0.29, 0.717) is 28.7 Å². The van der Waals surface area contributed by atoms with Crippen LogP contribution in [0.25, 0.3) is 5.69 Å². The second-order valence-corrected chi connectivity index (χ2v) is 10.1. The van der Waals surface area contributed by atoms with E-state index in [1.54, 1.807) is 6.07 Å². The number of aromatic nitrogens is 2. The Morgan fingerprint density at radius 3 is 2.29 bits per heavy atom. The molecular formula is C33H26FN7O. The molecule has 7 rings (SSSR count). The third-order valence-electron chi connectivity index (χ3n) is 7.31. The van der Waals surface area contributed by atoms with Crippen LogP contribution in [0.15, 0.2) is 113 Å². The second-order valence-electron chi connectivity index (χ2n) is 10.1. The molecule has 2 N–H and O–H groups in total. The van der Waals surface area contributed by atoms with E-state index in [1.807, 2.05) is 108 Å². The molecule has 0 bridgehead atoms. The number of halogens is 1. The smallest absolute Gasteiger partial charge is 0.221 e. The van der Waals surface area contributed by atoms with Gasteiger partial charge in [0.25, 0.3) is 0 Å². The highest BCUT2D eigenvalue weighted by molar-refractivity contribution is 6.51. The predicted octanol–water partition coefficient (Wildman–Crippen LogP) is 7.07. The summed E-state index contributed by atoms with van der Waals surface area (Å²) in [6.45, 7) is 3.41. The van der Waals surface area contributed by atoms with Gasteiger partial charge < -0.3 is 15.5 Å². The van der Waals surface area contributed by atoms with Crippen LogP contribution in [0.5, 0.6) is 0 Å². The molecule has 4 aromatic carbocycles. The van der Waals surface area contributed by atoms with Crippen molar-refractivity contribution in [2.75, 3.05) is 15.5 Å². The molecule has 0 saturated carbocycles. The van der Waals surface area contributed by atoms with E-state index in [2.05, 4.69) is 10.6 Å². The number of fused-ring (bicyclic) bond motifs is 4. The summed E-state index contributed by atoms with van der Waals surface area (Å²) < 4.78 is 17.5. The Bertz CT molecular complexity index is 1890. The van der Waals surface area contributed by atoms with Crippen molar-refractivity contribution < 1.29 is 9.18 Å². The van der Waals surface area contributed by atoms with Crippen molar-refractivity contribution in [1.82, 2.24) is 9.78 Å². The standard InChI is InChI=1S/C33H26FN7O/c1-20-29-30(25-12-6-7-13-26(25)34)40-28-15-9-8-14-27(28)37-31(36-23-18-16-22(17-19-23)35-21(2)42)33(40)38-32(29)41(39-20)24-10-4-3-5-11-24/h3-19,30H,1-2H3,(H,35,42)(H,36,37)/t30-/m1/s1. The molecule has 0 spiro atoms. The maximum Gasteiger partial charge on any atom is 0.221 e. The van der Waals surface area contributed by atoms with E-state index in [0.717, 1.165) is 34.0 Å². The van der Waals surface area contributed by atoms with E-state index < -0.39 is 6.04 Å². The minimum Gasteiger partial charge on any atom is -0.337 e. The number of carbonyl (C=O) groups excluding carboxylic acids is 1. The monoisotopic (exact) mass is 555 g/mol. The maximum atomic E-state index is 15.7. The van der Waals surface area contributed by atoms with Crippen LogP contribution in [0.2, 0.25) is 0 Å². The molecule has 8 nitrogen and oxygen atoms in total. The van der Waals surface area contributed by atoms with Crippen LogP contribution in [0.1, 0.15) is 29.8 Å². The van der Waals surface area contributed by atoms with Crippen molar-refractivity contribution in [1.29, 1.82) is 0 Å². The number of aryl methyl sites for hydroxylation is 1. The highest BCUT2D eigenvalue weighted by atomic mass is 19.1. The number of hydrogen-bond donors (Lipinski definition) is 2. The fourth-order valence-electron chi connectivity index (χ4n) is 5.51. The summed E-state index contributed by atoms with van der Waals surface area (Å²) in [7, 11) is 0. The van der Waals surface area contributed by atoms with Gasteiger partial charge in [0, 0.05) is 29.4 Å². The van der Waals surface area contributed by atoms with Gasteiger partial charge in [-0.25, -0.2) is 19.1 Å². The van der Waals surface area contributed by atoms with Crippen LogP contribution < -0.4 is 15.5 Å². The first kappa shape index (κ1) is 25.4. The van der Waals surface area contributed by atoms with Crippen molar-refractivity contribution in [2.24, 2.45) is 9.98 Å². The number of benzene rings is 4. The van der Waals surface area contributed by atoms with Crippen molar-refractivity contribution in [3.05, 3.63) is 126 Å². The lowest BCUT2D eigenvalue weighted by atomic mass is 9.93. The highest BCUT2D eigenvalue weighted by Gasteiger charge is 2.42. The Hall–Kier alpha value is -5.57. The maximum absolute atomic E-state index is 15.7. The molecule has 9 heteroatoms. The Balaban J connectivity index is 1.44. The number of nitrogens with zero attached hydrogens (tertiary/aromatic N) is 5. The summed E-state index contributed by atoms with van der Waals surface area (Å²) >= 11 is 0. The topological polar surface area (TPSA) is 86.9 Å². The lowest BCUT2D eigenvalue weighted by Crippen LogP contribution is -2.46. The number of nitrogens with one attached hydrogen (secondary N) is 2. The summed E-state index contributed by atoms with van der Waals surface area (Å²) in [6.07, 6.45) is 0. The summed E-state index contributed by atoms with van der Waals surface area (Å²) in [4.78, 5) is 23.7. The van der Waals surface area contributed by atoms with Crippen LogP contribution in [0, 0.1) is 12.7 Å². The summed E-state index contributed by atoms with van der Waals surface area (Å²) in [5.74, 6) is 1.21. The minimum absolute atomic E-state index is 0.142. The van der Waals surface area contributed by atoms with Gasteiger partial charge in [0.1, 0.15) is 5.82 Å². The van der Waals surface area contributed by atoms with Crippen LogP contribution in [-0.4, -0.2) is 27.4 Å². The number of amides is 1. The molecule has 0 saturated heterocycles. The normalized spacial score (nSPS) is 15.1. The lowest BCUT2D eigenvalue weighted by Gasteiger charge is -2.40. The fourth-order valence-corrected chi connectivity index (χ4v) is 5.51. The molecule has 206 valence electrons. The predicted molar refractivity (Wildman–Crippen MR) is 164 cm³/mol. The third kappa shape index (κ3) is 4.32. The van der Waals surface area contributed by atoms with Crippen LogP contribution in [-0.2, 0) is 4.79 Å². The molecule has 0 radical (unpaired) electrons. The summed E-state index contributed by atoms with van der Waals surface area (Å²) in [6, 6.07) is 31.2. The van der Waals surface area contributed by atoms with Gasteiger partial charge in [-0.2, -0.15) is 5.10 Å². The zero-order valence-electron chi connectivity index (χ0n) is 22.9. The number of hydrogen-bond acceptors (Lipinski definition) is 6. The van der Waals surface area contributed by atoms with Crippen LogP contribution in [0.3, 0.4) is 0 Å². The number of anilines is 3. The van der Waals surface area contributed by atoms with E-state index in [4.69, 9.17) is 15.1 Å². The van der Waals surface area contributed by atoms with Gasteiger partial charge in [-0.15, -0.1) is 0 Å². The second kappa shape index (κ2) is 10.1. The van der Waals surface area contributed by atoms with Crippen LogP contribution >= 0.6 is 0 Å². The molecule has 3 heterocycles. The van der Waals surface area contributed by atoms with Gasteiger partial charge in [0.15, 0.2) is 17.5 Å². The zero-order chi connectivity index (χ0) is 28.8. The number of amidine groups is 2. The summed E-state index contributed by atoms with van der Waals surface area (Å²) in [5.41, 5.74) is 5.93. The first-order valence-corrected chi connectivity index (χ1v) is 13.6. The Labute approximate surface area is 241 Å². The highest BCUT2D eigenvalue weighted by Crippen LogP contribution is 2.48. The first-order valence-electron chi connectivity index (χ1n) is 13.6. The molecular weight excluding hydrogens is 529 g/mol. The largest absolute Gasteiger partial charge is 0.337 e. The van der Waals surface area contributed by atoms with Gasteiger partial charge in [-0.3, -0.25) is 4.79 Å². The van der Waals surface area contributed by atoms with Gasteiger partial charge >= 0.3 is 0 Å². The van der Waals surface area contributed by atoms with Gasteiger partial charge in [0.05, 0.1) is 28.8 Å². The van der Waals surface area contributed by atoms with Gasteiger partial charge in [0.2, 0.25) is 5.91 Å². The first-order chi connectivity index (χ1) is 20.5. The SMILES string of the molecule is CC(=O)Nc1ccc(NC2=Nc3ccccc3N3C2=Nc2c(c(C)nn2-c2ccccc2)[C@H]3c2ccccc2F)cc1. The number of para-hydroxylation sites is 3. The van der Waals surface area contributed by atoms with Crippen molar-refractivity contribution >= 4 is 46.1 Å². The molecule has 1 amide bonds. The van der Waals surface area contributed by atoms with E-state index in [9.17, 15) is 4.79 Å². The molecule has 0 aliphatic carbocycles. The van der Waals surface area contributed by atoms with Gasteiger partial charge in [-0.1, -0.05) is 48.5 Å². The van der Waals surface area contributed by atoms with E-state index in [-0.39, 0.29) is 11.7 Å². The van der Waals surface area contributed by atoms with E-state index in [1.165, 1.54) is 13.0 Å². The van der Waals surface area contributed by atoms with Crippen molar-refractivity contribution in [3.63, 3.8) is 0 Å².